The van der Waals surface area contributed by atoms with Crippen molar-refractivity contribution in [2.24, 2.45) is 5.73 Å². The van der Waals surface area contributed by atoms with Gasteiger partial charge in [-0.1, -0.05) is 11.6 Å². The Hall–Kier alpha value is -0.700. The molecule has 0 unspecified atom stereocenters. The molecule has 0 spiro atoms. The van der Waals surface area contributed by atoms with E-state index in [2.05, 4.69) is 0 Å². The quantitative estimate of drug-likeness (QED) is 0.864. The zero-order chi connectivity index (χ0) is 9.26. The van der Waals surface area contributed by atoms with Crippen LogP contribution in [0.2, 0.25) is 5.02 Å². The summed E-state index contributed by atoms with van der Waals surface area (Å²) in [6, 6.07) is 5.60. The number of halogens is 2. The summed E-state index contributed by atoms with van der Waals surface area (Å²) in [4.78, 5) is 0. The average Bonchev–Trinajstić information content (AvgIpc) is 2.49. The maximum absolute atomic E-state index is 5.87. The fourth-order valence-electron chi connectivity index (χ4n) is 1.40. The molecule has 0 aliphatic rings. The lowest BCUT2D eigenvalue weighted by Crippen LogP contribution is -2.01. The molecule has 0 radical (unpaired) electrons. The normalized spacial score (nSPS) is 10.1. The largest absolute Gasteiger partial charge is 0.464 e. The molecule has 2 nitrogen and oxygen atoms in total. The third-order valence-electron chi connectivity index (χ3n) is 2.03. The Bertz CT molecular complexity index is 425. The van der Waals surface area contributed by atoms with Gasteiger partial charge >= 0.3 is 0 Å². The van der Waals surface area contributed by atoms with Gasteiger partial charge in [-0.15, -0.1) is 12.4 Å². The smallest absolute Gasteiger partial charge is 0.134 e. The highest BCUT2D eigenvalue weighted by molar-refractivity contribution is 6.31. The average molecular weight is 232 g/mol. The van der Waals surface area contributed by atoms with E-state index in [1.54, 1.807) is 6.26 Å². The Morgan fingerprint density at radius 3 is 2.86 bits per heavy atom. The van der Waals surface area contributed by atoms with E-state index in [9.17, 15) is 0 Å². The number of nitrogens with two attached hydrogens (primary N) is 1. The molecule has 1 heterocycles. The Kier molecular flexibility index (Phi) is 3.81. The van der Waals surface area contributed by atoms with Crippen LogP contribution < -0.4 is 5.73 Å². The number of hydrogen-bond donors (Lipinski definition) is 1. The molecule has 0 aliphatic heterocycles. The molecule has 1 aromatic heterocycles. The minimum atomic E-state index is 0. The number of furan rings is 1. The van der Waals surface area contributed by atoms with Crippen molar-refractivity contribution in [1.29, 1.82) is 0 Å². The van der Waals surface area contributed by atoms with Gasteiger partial charge in [-0.05, 0) is 36.7 Å². The van der Waals surface area contributed by atoms with Gasteiger partial charge in [-0.3, -0.25) is 0 Å². The summed E-state index contributed by atoms with van der Waals surface area (Å²) in [6.45, 7) is 0.626. The zero-order valence-electron chi connectivity index (χ0n) is 7.50. The van der Waals surface area contributed by atoms with Gasteiger partial charge in [0.25, 0.3) is 0 Å². The minimum Gasteiger partial charge on any atom is -0.464 e. The third-order valence-corrected chi connectivity index (χ3v) is 2.26. The molecule has 0 aliphatic carbocycles. The van der Waals surface area contributed by atoms with E-state index >= 15 is 0 Å². The number of benzene rings is 1. The molecule has 4 heteroatoms. The summed E-state index contributed by atoms with van der Waals surface area (Å²) in [5.74, 6) is 0. The molecule has 2 aromatic rings. The molecule has 0 amide bonds. The first-order valence-corrected chi connectivity index (χ1v) is 4.55. The minimum absolute atomic E-state index is 0. The summed E-state index contributed by atoms with van der Waals surface area (Å²) in [5, 5.41) is 1.80. The van der Waals surface area contributed by atoms with Gasteiger partial charge in [0, 0.05) is 10.4 Å². The first-order chi connectivity index (χ1) is 6.31. The standard InChI is InChI=1S/C10H10ClNO.ClH/c11-8-1-2-10-9(5-8)7(3-4-12)6-13-10;/h1-2,5-6H,3-4,12H2;1H. The highest BCUT2D eigenvalue weighted by Gasteiger charge is 2.04. The van der Waals surface area contributed by atoms with Crippen molar-refractivity contribution in [2.45, 2.75) is 6.42 Å². The van der Waals surface area contributed by atoms with Gasteiger partial charge in [0.05, 0.1) is 6.26 Å². The molecular weight excluding hydrogens is 221 g/mol. The Morgan fingerprint density at radius 1 is 1.36 bits per heavy atom. The summed E-state index contributed by atoms with van der Waals surface area (Å²) in [6.07, 6.45) is 2.57. The van der Waals surface area contributed by atoms with Crippen LogP contribution in [0.3, 0.4) is 0 Å². The van der Waals surface area contributed by atoms with Crippen LogP contribution in [-0.4, -0.2) is 6.54 Å². The number of fused-ring (bicyclic) bond motifs is 1. The van der Waals surface area contributed by atoms with Crippen LogP contribution in [0.15, 0.2) is 28.9 Å². The molecule has 14 heavy (non-hydrogen) atoms. The van der Waals surface area contributed by atoms with Crippen LogP contribution in [0.5, 0.6) is 0 Å². The van der Waals surface area contributed by atoms with Gasteiger partial charge in [0.2, 0.25) is 0 Å². The van der Waals surface area contributed by atoms with Crippen molar-refractivity contribution in [1.82, 2.24) is 0 Å². The van der Waals surface area contributed by atoms with Crippen molar-refractivity contribution < 1.29 is 4.42 Å². The maximum atomic E-state index is 5.87. The molecule has 0 saturated heterocycles. The Balaban J connectivity index is 0.000000980. The molecular formula is C10H11Cl2NO. The fraction of sp³-hybridized carbons (Fsp3) is 0.200. The van der Waals surface area contributed by atoms with Crippen molar-refractivity contribution >= 4 is 35.0 Å². The van der Waals surface area contributed by atoms with E-state index in [1.165, 1.54) is 0 Å². The number of rotatable bonds is 2. The molecule has 1 aromatic carbocycles. The molecule has 0 bridgehead atoms. The van der Waals surface area contributed by atoms with E-state index in [1.807, 2.05) is 18.2 Å². The SMILES string of the molecule is Cl.NCCc1coc2ccc(Cl)cc12. The van der Waals surface area contributed by atoms with Crippen LogP contribution in [0.4, 0.5) is 0 Å². The lowest BCUT2D eigenvalue weighted by molar-refractivity contribution is 0.610. The topological polar surface area (TPSA) is 39.2 Å². The van der Waals surface area contributed by atoms with Gasteiger partial charge in [-0.2, -0.15) is 0 Å². The van der Waals surface area contributed by atoms with E-state index < -0.39 is 0 Å². The van der Waals surface area contributed by atoms with Crippen LogP contribution in [-0.2, 0) is 6.42 Å². The summed E-state index contributed by atoms with van der Waals surface area (Å²) < 4.78 is 5.34. The molecule has 2 rings (SSSR count). The molecule has 0 fully saturated rings. The van der Waals surface area contributed by atoms with Gasteiger partial charge in [-0.25, -0.2) is 0 Å². The van der Waals surface area contributed by atoms with Gasteiger partial charge in [0.15, 0.2) is 0 Å². The second-order valence-electron chi connectivity index (χ2n) is 2.94. The van der Waals surface area contributed by atoms with E-state index in [4.69, 9.17) is 21.8 Å². The maximum Gasteiger partial charge on any atom is 0.134 e. The number of hydrogen-bond acceptors (Lipinski definition) is 2. The van der Waals surface area contributed by atoms with Crippen LogP contribution in [0.25, 0.3) is 11.0 Å². The Labute approximate surface area is 93.4 Å². The van der Waals surface area contributed by atoms with E-state index in [-0.39, 0.29) is 12.4 Å². The van der Waals surface area contributed by atoms with Crippen LogP contribution >= 0.6 is 24.0 Å². The van der Waals surface area contributed by atoms with Crippen molar-refractivity contribution in [2.75, 3.05) is 6.54 Å². The van der Waals surface area contributed by atoms with Crippen LogP contribution in [0, 0.1) is 0 Å². The third kappa shape index (κ3) is 2.03. The predicted molar refractivity (Wildman–Crippen MR) is 61.2 cm³/mol. The first kappa shape index (κ1) is 11.4. The van der Waals surface area contributed by atoms with Crippen molar-refractivity contribution in [3.05, 3.63) is 35.0 Å². The molecule has 0 atom stereocenters. The van der Waals surface area contributed by atoms with E-state index in [0.717, 1.165) is 28.0 Å². The highest BCUT2D eigenvalue weighted by atomic mass is 35.5. The fourth-order valence-corrected chi connectivity index (χ4v) is 1.58. The summed E-state index contributed by atoms with van der Waals surface area (Å²) in [5.41, 5.74) is 7.47. The Morgan fingerprint density at radius 2 is 2.14 bits per heavy atom. The van der Waals surface area contributed by atoms with Gasteiger partial charge < -0.3 is 10.2 Å². The first-order valence-electron chi connectivity index (χ1n) is 4.17. The van der Waals surface area contributed by atoms with E-state index in [0.29, 0.717) is 6.54 Å². The summed E-state index contributed by atoms with van der Waals surface area (Å²) >= 11 is 5.87. The second kappa shape index (κ2) is 4.69. The molecule has 0 saturated carbocycles. The second-order valence-corrected chi connectivity index (χ2v) is 3.38. The van der Waals surface area contributed by atoms with Gasteiger partial charge in [0.1, 0.15) is 5.58 Å². The van der Waals surface area contributed by atoms with Crippen molar-refractivity contribution in [3.63, 3.8) is 0 Å². The predicted octanol–water partition coefficient (Wildman–Crippen LogP) is 3.01. The highest BCUT2D eigenvalue weighted by Crippen LogP contribution is 2.24. The lowest BCUT2D eigenvalue weighted by atomic mass is 10.1. The summed E-state index contributed by atoms with van der Waals surface area (Å²) in [7, 11) is 0. The zero-order valence-corrected chi connectivity index (χ0v) is 9.07. The lowest BCUT2D eigenvalue weighted by Gasteiger charge is -1.94. The van der Waals surface area contributed by atoms with Crippen LogP contribution in [0.1, 0.15) is 5.56 Å². The monoisotopic (exact) mass is 231 g/mol. The molecule has 76 valence electrons. The molecule has 2 N–H and O–H groups in total. The van der Waals surface area contributed by atoms with Crippen molar-refractivity contribution in [3.8, 4) is 0 Å².